The predicted molar refractivity (Wildman–Crippen MR) is 143 cm³/mol. The molecule has 0 aromatic rings. The van der Waals surface area contributed by atoms with Gasteiger partial charge in [-0.3, -0.25) is 0 Å². The summed E-state index contributed by atoms with van der Waals surface area (Å²) in [5.74, 6) is 9.80. The van der Waals surface area contributed by atoms with Crippen LogP contribution in [0.15, 0.2) is 0 Å². The van der Waals surface area contributed by atoms with Gasteiger partial charge in [-0.1, -0.05) is 85.0 Å². The van der Waals surface area contributed by atoms with Crippen molar-refractivity contribution in [1.29, 1.82) is 0 Å². The van der Waals surface area contributed by atoms with E-state index in [1.165, 1.54) is 38.5 Å². The highest BCUT2D eigenvalue weighted by Gasteiger charge is 2.45. The van der Waals surface area contributed by atoms with E-state index in [0.717, 1.165) is 53.3 Å². The molecular formula is C33H58. The summed E-state index contributed by atoms with van der Waals surface area (Å²) in [4.78, 5) is 0. The summed E-state index contributed by atoms with van der Waals surface area (Å²) in [6.07, 6.45) is 31.2. The zero-order valence-electron chi connectivity index (χ0n) is 22.8. The second kappa shape index (κ2) is 10.9. The number of fused-ring (bicyclic) bond motifs is 3. The van der Waals surface area contributed by atoms with Gasteiger partial charge in [0.1, 0.15) is 0 Å². The van der Waals surface area contributed by atoms with Crippen molar-refractivity contribution in [3.63, 3.8) is 0 Å². The molecular weight excluding hydrogens is 396 g/mol. The molecule has 0 nitrogen and oxygen atoms in total. The number of hydrogen-bond acceptors (Lipinski definition) is 0. The van der Waals surface area contributed by atoms with E-state index in [0.29, 0.717) is 5.41 Å². The molecule has 9 atom stereocenters. The second-order valence-electron chi connectivity index (χ2n) is 14.8. The van der Waals surface area contributed by atoms with E-state index in [1.54, 1.807) is 89.9 Å². The Morgan fingerprint density at radius 2 is 1.03 bits per heavy atom. The highest BCUT2D eigenvalue weighted by molar-refractivity contribution is 4.95. The minimum Gasteiger partial charge on any atom is -0.0651 e. The summed E-state index contributed by atoms with van der Waals surface area (Å²) < 4.78 is 0. The van der Waals surface area contributed by atoms with Gasteiger partial charge < -0.3 is 0 Å². The molecule has 5 aliphatic rings. The third-order valence-electron chi connectivity index (χ3n) is 12.5. The molecule has 0 heterocycles. The molecule has 0 aromatic heterocycles. The fourth-order valence-electron chi connectivity index (χ4n) is 10.6. The van der Waals surface area contributed by atoms with Crippen LogP contribution in [-0.4, -0.2) is 0 Å². The van der Waals surface area contributed by atoms with Gasteiger partial charge in [-0.15, -0.1) is 0 Å². The summed E-state index contributed by atoms with van der Waals surface area (Å²) >= 11 is 0. The molecule has 5 saturated carbocycles. The second-order valence-corrected chi connectivity index (χ2v) is 14.8. The van der Waals surface area contributed by atoms with Crippen LogP contribution >= 0.6 is 0 Å². The first-order chi connectivity index (χ1) is 16.0. The minimum absolute atomic E-state index is 0.584. The van der Waals surface area contributed by atoms with Gasteiger partial charge in [0.15, 0.2) is 0 Å². The molecule has 5 fully saturated rings. The Balaban J connectivity index is 1.34. The van der Waals surface area contributed by atoms with Gasteiger partial charge in [-0.25, -0.2) is 0 Å². The summed E-state index contributed by atoms with van der Waals surface area (Å²) in [7, 11) is 0. The highest BCUT2D eigenvalue weighted by Crippen LogP contribution is 2.55. The lowest BCUT2D eigenvalue weighted by Gasteiger charge is -2.49. The first-order valence-corrected chi connectivity index (χ1v) is 16.0. The minimum atomic E-state index is 0.584. The van der Waals surface area contributed by atoms with Crippen LogP contribution in [-0.2, 0) is 0 Å². The maximum Gasteiger partial charge on any atom is -0.0354 e. The Morgan fingerprint density at radius 1 is 0.485 bits per heavy atom. The molecule has 0 N–H and O–H groups in total. The van der Waals surface area contributed by atoms with Crippen LogP contribution in [0.4, 0.5) is 0 Å². The van der Waals surface area contributed by atoms with Gasteiger partial charge in [-0.05, 0) is 123 Å². The van der Waals surface area contributed by atoms with Crippen molar-refractivity contribution < 1.29 is 0 Å². The SMILES string of the molecule is CCC1CCCC(C2CCCC2C2CCCC(C)(C)CCC3C(CCC4CCCCC43)C2)C1. The topological polar surface area (TPSA) is 0 Å². The van der Waals surface area contributed by atoms with E-state index in [4.69, 9.17) is 0 Å². The first-order valence-electron chi connectivity index (χ1n) is 16.0. The Labute approximate surface area is 207 Å². The van der Waals surface area contributed by atoms with E-state index in [9.17, 15) is 0 Å². The average Bonchev–Trinajstić information content (AvgIpc) is 3.32. The van der Waals surface area contributed by atoms with Crippen LogP contribution in [0.3, 0.4) is 0 Å². The maximum atomic E-state index is 2.62. The standard InChI is InChI=1S/C33H58/c1-4-24-10-7-12-26(22-24)30-15-8-16-31(30)27-13-9-20-33(2,3)21-19-32-28(23-27)18-17-25-11-5-6-14-29(25)32/h24-32H,4-23H2,1-3H3. The maximum absolute atomic E-state index is 2.62. The number of hydrogen-bond donors (Lipinski definition) is 0. The highest BCUT2D eigenvalue weighted by atomic mass is 14.5. The molecule has 0 spiro atoms. The van der Waals surface area contributed by atoms with Gasteiger partial charge in [0.2, 0.25) is 0 Å². The van der Waals surface area contributed by atoms with Crippen molar-refractivity contribution in [1.82, 2.24) is 0 Å². The molecule has 0 aromatic carbocycles. The molecule has 0 aliphatic heterocycles. The molecule has 33 heavy (non-hydrogen) atoms. The van der Waals surface area contributed by atoms with Crippen LogP contribution in [0.2, 0.25) is 0 Å². The van der Waals surface area contributed by atoms with Gasteiger partial charge in [0.25, 0.3) is 0 Å². The van der Waals surface area contributed by atoms with E-state index < -0.39 is 0 Å². The van der Waals surface area contributed by atoms with Crippen LogP contribution < -0.4 is 0 Å². The van der Waals surface area contributed by atoms with E-state index >= 15 is 0 Å². The van der Waals surface area contributed by atoms with Crippen molar-refractivity contribution in [2.75, 3.05) is 0 Å². The van der Waals surface area contributed by atoms with Crippen molar-refractivity contribution in [3.8, 4) is 0 Å². The molecule has 0 bridgehead atoms. The van der Waals surface area contributed by atoms with Gasteiger partial charge >= 0.3 is 0 Å². The Bertz CT molecular complexity index is 603. The first kappa shape index (κ1) is 24.7. The third kappa shape index (κ3) is 5.71. The van der Waals surface area contributed by atoms with Gasteiger partial charge in [0.05, 0.1) is 0 Å². The van der Waals surface area contributed by atoms with Crippen molar-refractivity contribution >= 4 is 0 Å². The van der Waals surface area contributed by atoms with E-state index in [1.807, 2.05) is 0 Å². The Kier molecular flexibility index (Phi) is 8.19. The molecule has 190 valence electrons. The molecule has 0 saturated heterocycles. The summed E-state index contributed by atoms with van der Waals surface area (Å²) in [6.45, 7) is 7.69. The average molecular weight is 455 g/mol. The zero-order chi connectivity index (χ0) is 22.8. The lowest BCUT2D eigenvalue weighted by molar-refractivity contribution is 0.0127. The smallest absolute Gasteiger partial charge is 0.0354 e. The van der Waals surface area contributed by atoms with Crippen LogP contribution in [0.25, 0.3) is 0 Å². The monoisotopic (exact) mass is 454 g/mol. The largest absolute Gasteiger partial charge is 0.0651 e. The van der Waals surface area contributed by atoms with Crippen LogP contribution in [0, 0.1) is 58.7 Å². The predicted octanol–water partition coefficient (Wildman–Crippen LogP) is 10.4. The molecule has 9 unspecified atom stereocenters. The van der Waals surface area contributed by atoms with Crippen molar-refractivity contribution in [2.45, 2.75) is 149 Å². The Hall–Kier alpha value is 0. The molecule has 5 rings (SSSR count). The fraction of sp³-hybridized carbons (Fsp3) is 1.00. The van der Waals surface area contributed by atoms with Crippen LogP contribution in [0.1, 0.15) is 149 Å². The van der Waals surface area contributed by atoms with Crippen molar-refractivity contribution in [3.05, 3.63) is 0 Å². The van der Waals surface area contributed by atoms with Crippen LogP contribution in [0.5, 0.6) is 0 Å². The lowest BCUT2D eigenvalue weighted by atomic mass is 9.56. The zero-order valence-corrected chi connectivity index (χ0v) is 22.8. The quantitative estimate of drug-likeness (QED) is 0.398. The Morgan fingerprint density at radius 3 is 1.85 bits per heavy atom. The third-order valence-corrected chi connectivity index (χ3v) is 12.5. The molecule has 0 radical (unpaired) electrons. The summed E-state index contributed by atoms with van der Waals surface area (Å²) in [5.41, 5.74) is 0.584. The van der Waals surface area contributed by atoms with E-state index in [2.05, 4.69) is 20.8 Å². The van der Waals surface area contributed by atoms with Gasteiger partial charge in [0, 0.05) is 0 Å². The molecule has 0 heteroatoms. The molecule has 5 aliphatic carbocycles. The summed E-state index contributed by atoms with van der Waals surface area (Å²) in [6, 6.07) is 0. The van der Waals surface area contributed by atoms with Crippen molar-refractivity contribution in [2.24, 2.45) is 58.7 Å². The lowest BCUT2D eigenvalue weighted by Crippen LogP contribution is -2.39. The normalized spacial score (nSPS) is 46.8. The van der Waals surface area contributed by atoms with E-state index in [-0.39, 0.29) is 0 Å². The fourth-order valence-corrected chi connectivity index (χ4v) is 10.6. The summed E-state index contributed by atoms with van der Waals surface area (Å²) in [5, 5.41) is 0. The number of rotatable bonds is 3. The molecule has 0 amide bonds. The van der Waals surface area contributed by atoms with Gasteiger partial charge in [-0.2, -0.15) is 0 Å².